The SMILES string of the molecule is CB(O)N1C[C@](C)(CO[Si](C)(C)C(C)(C)C)c2cc(-c3ccnc(Nc4cc(C)nn4CC4CCN(C)C(=O)C4)n3)cc(C#N)c21. The van der Waals surface area contributed by atoms with Crippen molar-refractivity contribution < 1.29 is 14.2 Å². The molecule has 5 rings (SSSR count). The first-order valence-electron chi connectivity index (χ1n) is 16.1. The van der Waals surface area contributed by atoms with E-state index in [1.165, 1.54) is 0 Å². The van der Waals surface area contributed by atoms with Gasteiger partial charge >= 0.3 is 7.05 Å². The predicted molar refractivity (Wildman–Crippen MR) is 184 cm³/mol. The molecule has 46 heavy (non-hydrogen) atoms. The van der Waals surface area contributed by atoms with Crippen LogP contribution >= 0.6 is 0 Å². The molecular formula is C33H47BN8O3Si. The number of likely N-dealkylation sites (tertiary alicyclic amines) is 1. The smallest absolute Gasteiger partial charge is 0.409 e. The van der Waals surface area contributed by atoms with Crippen molar-refractivity contribution in [2.45, 2.75) is 84.4 Å². The van der Waals surface area contributed by atoms with Gasteiger partial charge in [0.2, 0.25) is 11.9 Å². The number of nitrogens with zero attached hydrogens (tertiary/aromatic N) is 7. The van der Waals surface area contributed by atoms with Gasteiger partial charge in [0.1, 0.15) is 11.9 Å². The molecule has 1 fully saturated rings. The zero-order valence-corrected chi connectivity index (χ0v) is 29.7. The molecule has 1 amide bonds. The number of rotatable bonds is 9. The van der Waals surface area contributed by atoms with Crippen LogP contribution in [-0.2, 0) is 21.2 Å². The molecule has 2 N–H and O–H groups in total. The van der Waals surface area contributed by atoms with Crippen molar-refractivity contribution in [1.82, 2.24) is 24.6 Å². The van der Waals surface area contributed by atoms with Crippen LogP contribution in [0.5, 0.6) is 0 Å². The number of nitriles is 1. The largest absolute Gasteiger partial charge is 0.432 e. The Hall–Kier alpha value is -3.73. The number of hydrogen-bond donors (Lipinski definition) is 2. The van der Waals surface area contributed by atoms with Gasteiger partial charge in [0.15, 0.2) is 8.32 Å². The van der Waals surface area contributed by atoms with Crippen molar-refractivity contribution in [3.8, 4) is 17.3 Å². The molecule has 0 bridgehead atoms. The lowest BCUT2D eigenvalue weighted by Crippen LogP contribution is -2.47. The van der Waals surface area contributed by atoms with Gasteiger partial charge in [-0.3, -0.25) is 4.79 Å². The van der Waals surface area contributed by atoms with Crippen LogP contribution in [0.15, 0.2) is 30.5 Å². The molecule has 11 nitrogen and oxygen atoms in total. The van der Waals surface area contributed by atoms with Gasteiger partial charge in [0, 0.05) is 68.6 Å². The Labute approximate surface area is 274 Å². The van der Waals surface area contributed by atoms with Gasteiger partial charge in [-0.15, -0.1) is 0 Å². The number of hydrogen-bond acceptors (Lipinski definition) is 9. The minimum Gasteiger partial charge on any atom is -0.432 e. The van der Waals surface area contributed by atoms with Crippen LogP contribution < -0.4 is 10.1 Å². The maximum Gasteiger partial charge on any atom is 0.409 e. The second-order valence-electron chi connectivity index (χ2n) is 14.8. The molecule has 2 aliphatic heterocycles. The summed E-state index contributed by atoms with van der Waals surface area (Å²) in [5.74, 6) is 1.54. The fourth-order valence-electron chi connectivity index (χ4n) is 6.06. The van der Waals surface area contributed by atoms with E-state index in [1.807, 2.05) is 41.7 Å². The highest BCUT2D eigenvalue weighted by Gasteiger charge is 2.46. The van der Waals surface area contributed by atoms with E-state index < -0.39 is 20.8 Å². The van der Waals surface area contributed by atoms with Crippen LogP contribution in [0.1, 0.15) is 57.4 Å². The Balaban J connectivity index is 1.46. The average molecular weight is 643 g/mol. The van der Waals surface area contributed by atoms with Crippen molar-refractivity contribution in [2.75, 3.05) is 36.9 Å². The molecule has 3 aromatic rings. The summed E-state index contributed by atoms with van der Waals surface area (Å²) in [5.41, 5.74) is 4.08. The summed E-state index contributed by atoms with van der Waals surface area (Å²) >= 11 is 0. The third-order valence-corrected chi connectivity index (χ3v) is 14.5. The zero-order chi connectivity index (χ0) is 33.6. The number of anilines is 3. The van der Waals surface area contributed by atoms with Gasteiger partial charge < -0.3 is 24.5 Å². The fourth-order valence-corrected chi connectivity index (χ4v) is 7.17. The molecule has 1 unspecified atom stereocenters. The van der Waals surface area contributed by atoms with Gasteiger partial charge in [-0.05, 0) is 68.0 Å². The van der Waals surface area contributed by atoms with E-state index >= 15 is 0 Å². The van der Waals surface area contributed by atoms with E-state index in [1.54, 1.807) is 17.9 Å². The topological polar surface area (TPSA) is 132 Å². The van der Waals surface area contributed by atoms with E-state index in [-0.39, 0.29) is 16.9 Å². The first kappa shape index (κ1) is 33.6. The summed E-state index contributed by atoms with van der Waals surface area (Å²) in [6.45, 7) is 19.4. The van der Waals surface area contributed by atoms with E-state index in [4.69, 9.17) is 9.41 Å². The standard InChI is InChI=1S/C33H47BN8O3Si/c1-22-14-28(42(39-22)19-23-11-13-40(7)29(43)15-23)38-31-36-12-10-27(37-31)24-16-25(18-35)30-26(17-24)33(5,20-41(30)34(6)44)21-45-46(8,9)32(2,3)4/h10,12,14,16-17,23,44H,11,13,15,19-21H2,1-9H3,(H,36,37,38)/t23?,33-/m1/s1. The van der Waals surface area contributed by atoms with Crippen molar-refractivity contribution in [2.24, 2.45) is 5.92 Å². The molecule has 0 radical (unpaired) electrons. The summed E-state index contributed by atoms with van der Waals surface area (Å²) in [4.78, 5) is 25.3. The second kappa shape index (κ2) is 12.5. The van der Waals surface area contributed by atoms with Gasteiger partial charge in [-0.1, -0.05) is 27.7 Å². The summed E-state index contributed by atoms with van der Waals surface area (Å²) in [6, 6.07) is 10.1. The van der Waals surface area contributed by atoms with Crippen LogP contribution in [0.3, 0.4) is 0 Å². The Morgan fingerprint density at radius 2 is 2.02 bits per heavy atom. The number of piperidine rings is 1. The number of fused-ring (bicyclic) bond motifs is 1. The predicted octanol–water partition coefficient (Wildman–Crippen LogP) is 5.34. The van der Waals surface area contributed by atoms with Crippen LogP contribution in [0, 0.1) is 24.2 Å². The van der Waals surface area contributed by atoms with E-state index in [0.717, 1.165) is 41.3 Å². The summed E-state index contributed by atoms with van der Waals surface area (Å²) in [5, 5.41) is 29.1. The Morgan fingerprint density at radius 3 is 2.67 bits per heavy atom. The molecule has 1 saturated heterocycles. The molecule has 2 aliphatic rings. The highest BCUT2D eigenvalue weighted by Crippen LogP contribution is 2.47. The number of aryl methyl sites for hydroxylation is 1. The van der Waals surface area contributed by atoms with Gasteiger partial charge in [0.05, 0.1) is 17.0 Å². The zero-order valence-electron chi connectivity index (χ0n) is 28.7. The molecule has 4 heterocycles. The second-order valence-corrected chi connectivity index (χ2v) is 19.6. The molecule has 244 valence electrons. The molecule has 1 aromatic carbocycles. The number of nitrogens with one attached hydrogen (secondary N) is 1. The Kier molecular flexibility index (Phi) is 9.11. The lowest BCUT2D eigenvalue weighted by molar-refractivity contribution is -0.133. The van der Waals surface area contributed by atoms with Gasteiger partial charge in [-0.2, -0.15) is 10.4 Å². The normalized spacial score (nSPS) is 20.1. The molecule has 13 heteroatoms. The first-order chi connectivity index (χ1) is 21.5. The molecule has 2 atom stereocenters. The molecule has 0 saturated carbocycles. The third kappa shape index (κ3) is 6.70. The van der Waals surface area contributed by atoms with Gasteiger partial charge in [-0.25, -0.2) is 14.6 Å². The van der Waals surface area contributed by atoms with Crippen molar-refractivity contribution in [1.29, 1.82) is 5.26 Å². The lowest BCUT2D eigenvalue weighted by Gasteiger charge is -2.39. The van der Waals surface area contributed by atoms with Crippen molar-refractivity contribution in [3.05, 3.63) is 47.3 Å². The molecular weight excluding hydrogens is 595 g/mol. The lowest BCUT2D eigenvalue weighted by atomic mass is 9.83. The van der Waals surface area contributed by atoms with E-state index in [9.17, 15) is 15.1 Å². The Bertz CT molecular complexity index is 1660. The van der Waals surface area contributed by atoms with Crippen molar-refractivity contribution in [3.63, 3.8) is 0 Å². The first-order valence-corrected chi connectivity index (χ1v) is 19.0. The summed E-state index contributed by atoms with van der Waals surface area (Å²) in [6.07, 6.45) is 3.14. The fraction of sp³-hybridized carbons (Fsp3) is 0.545. The molecule has 2 aromatic heterocycles. The van der Waals surface area contributed by atoms with Crippen LogP contribution in [0.25, 0.3) is 11.3 Å². The minimum absolute atomic E-state index is 0.0528. The number of amides is 1. The van der Waals surface area contributed by atoms with Crippen LogP contribution in [0.2, 0.25) is 25.0 Å². The molecule has 0 aliphatic carbocycles. The maximum absolute atomic E-state index is 12.3. The summed E-state index contributed by atoms with van der Waals surface area (Å²) < 4.78 is 8.63. The number of carbonyl (C=O) groups is 1. The third-order valence-electron chi connectivity index (χ3n) is 9.98. The number of carbonyl (C=O) groups excluding carboxylic acids is 1. The highest BCUT2D eigenvalue weighted by atomic mass is 28.4. The number of benzene rings is 1. The minimum atomic E-state index is -2.06. The van der Waals surface area contributed by atoms with Crippen LogP contribution in [0.4, 0.5) is 17.5 Å². The highest BCUT2D eigenvalue weighted by molar-refractivity contribution is 6.74. The van der Waals surface area contributed by atoms with E-state index in [0.29, 0.717) is 43.3 Å². The molecule has 0 spiro atoms. The van der Waals surface area contributed by atoms with E-state index in [2.05, 4.69) is 68.3 Å². The van der Waals surface area contributed by atoms with Crippen molar-refractivity contribution >= 4 is 38.7 Å². The average Bonchev–Trinajstić information content (AvgIpc) is 3.49. The monoisotopic (exact) mass is 642 g/mol. The van der Waals surface area contributed by atoms with Crippen LogP contribution in [-0.4, -0.2) is 77.7 Å². The Morgan fingerprint density at radius 1 is 1.28 bits per heavy atom. The quantitative estimate of drug-likeness (QED) is 0.297. The number of aromatic nitrogens is 4. The van der Waals surface area contributed by atoms with Gasteiger partial charge in [0.25, 0.3) is 0 Å². The maximum atomic E-state index is 12.3. The summed E-state index contributed by atoms with van der Waals surface area (Å²) in [7, 11) is -0.972.